The molecule has 0 bridgehead atoms. The van der Waals surface area contributed by atoms with Gasteiger partial charge in [0.05, 0.1) is 0 Å². The molecule has 0 aliphatic rings. The molecule has 0 fully saturated rings. The normalized spacial score (nSPS) is 11.2. The molecule has 0 atom stereocenters. The van der Waals surface area contributed by atoms with Crippen LogP contribution in [0.5, 0.6) is 0 Å². The van der Waals surface area contributed by atoms with Gasteiger partial charge in [0.25, 0.3) is 0 Å². The highest BCUT2D eigenvalue weighted by Gasteiger charge is 2.36. The summed E-state index contributed by atoms with van der Waals surface area (Å²) in [6.07, 6.45) is 0.374. The smallest absolute Gasteiger partial charge is 0.131 e. The lowest BCUT2D eigenvalue weighted by atomic mass is 9.66. The molecule has 2 heteroatoms. The fourth-order valence-electron chi connectivity index (χ4n) is 2.65. The number of benzene rings is 1. The first-order valence-corrected chi connectivity index (χ1v) is 6.67. The molecular formula is C17H21ClO. The Balaban J connectivity index is 3.62. The molecule has 0 aromatic heterocycles. The van der Waals surface area contributed by atoms with Crippen LogP contribution in [-0.2, 0) is 10.2 Å². The first kappa shape index (κ1) is 15.7. The average molecular weight is 277 g/mol. The Labute approximate surface area is 121 Å². The predicted molar refractivity (Wildman–Crippen MR) is 82.8 cm³/mol. The maximum atomic E-state index is 11.7. The molecule has 0 unspecified atom stereocenters. The number of ketones is 1. The summed E-state index contributed by atoms with van der Waals surface area (Å²) in [4.78, 5) is 11.7. The number of carbonyl (C=O) groups excluding carboxylic acids is 1. The Hall–Kier alpha value is -1.34. The third-order valence-electron chi connectivity index (χ3n) is 3.63. The van der Waals surface area contributed by atoms with E-state index < -0.39 is 5.41 Å². The summed E-state index contributed by atoms with van der Waals surface area (Å²) in [5, 5.41) is 0.663. The highest BCUT2D eigenvalue weighted by molar-refractivity contribution is 6.30. The largest absolute Gasteiger partial charge is 0.300 e. The van der Waals surface area contributed by atoms with Gasteiger partial charge in [-0.2, -0.15) is 0 Å². The zero-order valence-electron chi connectivity index (χ0n) is 12.1. The zero-order chi connectivity index (χ0) is 14.8. The molecule has 0 N–H and O–H groups in total. The van der Waals surface area contributed by atoms with E-state index in [4.69, 9.17) is 11.6 Å². The molecule has 1 rings (SSSR count). The van der Waals surface area contributed by atoms with Gasteiger partial charge in [-0.25, -0.2) is 0 Å². The number of halogens is 1. The number of Topliss-reactive ketones (excluding diaryl/α,β-unsaturated/α-hetero) is 1. The molecule has 0 amide bonds. The summed E-state index contributed by atoms with van der Waals surface area (Å²) in [6.45, 7) is 15.7. The van der Waals surface area contributed by atoms with Gasteiger partial charge in [0.15, 0.2) is 0 Å². The molecule has 19 heavy (non-hydrogen) atoms. The number of aryl methyl sites for hydroxylation is 1. The fraction of sp³-hybridized carbons (Fsp3) is 0.353. The van der Waals surface area contributed by atoms with Crippen molar-refractivity contribution in [3.05, 3.63) is 58.7 Å². The number of carbonyl (C=O) groups is 1. The predicted octanol–water partition coefficient (Wildman–Crippen LogP) is 5.02. The fourth-order valence-corrected chi connectivity index (χ4v) is 2.82. The topological polar surface area (TPSA) is 17.1 Å². The van der Waals surface area contributed by atoms with Crippen LogP contribution in [0.1, 0.15) is 38.3 Å². The first-order chi connectivity index (χ1) is 8.71. The third-order valence-corrected chi connectivity index (χ3v) is 3.87. The lowest BCUT2D eigenvalue weighted by molar-refractivity contribution is -0.117. The van der Waals surface area contributed by atoms with Gasteiger partial charge in [-0.3, -0.25) is 4.79 Å². The molecule has 0 aliphatic heterocycles. The molecule has 0 spiro atoms. The van der Waals surface area contributed by atoms with Crippen molar-refractivity contribution in [2.45, 2.75) is 39.5 Å². The van der Waals surface area contributed by atoms with Crippen LogP contribution in [0.4, 0.5) is 0 Å². The van der Waals surface area contributed by atoms with Crippen molar-refractivity contribution < 1.29 is 4.79 Å². The van der Waals surface area contributed by atoms with Crippen LogP contribution >= 0.6 is 11.6 Å². The first-order valence-electron chi connectivity index (χ1n) is 6.30. The second-order valence-electron chi connectivity index (χ2n) is 5.30. The van der Waals surface area contributed by atoms with E-state index in [0.717, 1.165) is 22.3 Å². The van der Waals surface area contributed by atoms with Crippen molar-refractivity contribution in [3.8, 4) is 0 Å². The molecule has 0 saturated carbocycles. The number of hydrogen-bond donors (Lipinski definition) is 0. The van der Waals surface area contributed by atoms with E-state index in [1.807, 2.05) is 39.0 Å². The standard InChI is InChI=1S/C17H21ClO/c1-11(2)17(12(3)4,10-14(6)19)16-9-15(18)8-7-13(16)5/h7-9H,1,3,10H2,2,4-6H3. The van der Waals surface area contributed by atoms with Gasteiger partial charge in [-0.05, 0) is 51.0 Å². The quantitative estimate of drug-likeness (QED) is 0.690. The Bertz CT molecular complexity index is 526. The van der Waals surface area contributed by atoms with E-state index in [1.54, 1.807) is 6.92 Å². The maximum absolute atomic E-state index is 11.7. The van der Waals surface area contributed by atoms with Crippen LogP contribution in [0.2, 0.25) is 5.02 Å². The van der Waals surface area contributed by atoms with E-state index in [-0.39, 0.29) is 5.78 Å². The summed E-state index contributed by atoms with van der Waals surface area (Å²) in [7, 11) is 0. The van der Waals surface area contributed by atoms with Crippen LogP contribution < -0.4 is 0 Å². The van der Waals surface area contributed by atoms with Gasteiger partial charge in [-0.15, -0.1) is 0 Å². The van der Waals surface area contributed by atoms with Gasteiger partial charge in [0.2, 0.25) is 0 Å². The number of rotatable bonds is 5. The molecule has 1 nitrogen and oxygen atoms in total. The average Bonchev–Trinajstić information content (AvgIpc) is 2.28. The Morgan fingerprint density at radius 2 is 1.74 bits per heavy atom. The number of hydrogen-bond acceptors (Lipinski definition) is 1. The molecule has 1 aromatic carbocycles. The van der Waals surface area contributed by atoms with E-state index in [2.05, 4.69) is 13.2 Å². The van der Waals surface area contributed by atoms with Gasteiger partial charge in [0, 0.05) is 16.9 Å². The van der Waals surface area contributed by atoms with E-state index in [1.165, 1.54) is 0 Å². The van der Waals surface area contributed by atoms with Gasteiger partial charge < -0.3 is 0 Å². The second-order valence-corrected chi connectivity index (χ2v) is 5.74. The maximum Gasteiger partial charge on any atom is 0.131 e. The van der Waals surface area contributed by atoms with Gasteiger partial charge >= 0.3 is 0 Å². The third kappa shape index (κ3) is 2.98. The van der Waals surface area contributed by atoms with Crippen molar-refractivity contribution in [1.29, 1.82) is 0 Å². The van der Waals surface area contributed by atoms with Crippen molar-refractivity contribution in [3.63, 3.8) is 0 Å². The Kier molecular flexibility index (Phi) is 4.75. The highest BCUT2D eigenvalue weighted by atomic mass is 35.5. The van der Waals surface area contributed by atoms with Crippen LogP contribution in [-0.4, -0.2) is 5.78 Å². The van der Waals surface area contributed by atoms with Crippen molar-refractivity contribution >= 4 is 17.4 Å². The molecular weight excluding hydrogens is 256 g/mol. The zero-order valence-corrected chi connectivity index (χ0v) is 12.9. The lowest BCUT2D eigenvalue weighted by Gasteiger charge is -2.36. The SMILES string of the molecule is C=C(C)C(CC(C)=O)(C(=C)C)c1cc(Cl)ccc1C. The van der Waals surface area contributed by atoms with Crippen LogP contribution in [0.15, 0.2) is 42.5 Å². The van der Waals surface area contributed by atoms with Crippen LogP contribution in [0, 0.1) is 6.92 Å². The summed E-state index contributed by atoms with van der Waals surface area (Å²) in [5.41, 5.74) is 3.42. The highest BCUT2D eigenvalue weighted by Crippen LogP contribution is 2.43. The van der Waals surface area contributed by atoms with Crippen LogP contribution in [0.25, 0.3) is 0 Å². The molecule has 0 aliphatic carbocycles. The molecule has 1 aromatic rings. The molecule has 102 valence electrons. The minimum absolute atomic E-state index is 0.116. The summed E-state index contributed by atoms with van der Waals surface area (Å²) in [6, 6.07) is 5.75. The second kappa shape index (κ2) is 5.75. The molecule has 0 heterocycles. The van der Waals surface area contributed by atoms with Gasteiger partial charge in [0.1, 0.15) is 5.78 Å². The summed E-state index contributed by atoms with van der Waals surface area (Å²) in [5.74, 6) is 0.116. The minimum Gasteiger partial charge on any atom is -0.300 e. The number of allylic oxidation sites excluding steroid dienone is 2. The summed E-state index contributed by atoms with van der Waals surface area (Å²) >= 11 is 6.12. The van der Waals surface area contributed by atoms with E-state index in [0.29, 0.717) is 11.4 Å². The molecule has 0 radical (unpaired) electrons. The van der Waals surface area contributed by atoms with E-state index >= 15 is 0 Å². The molecule has 0 saturated heterocycles. The lowest BCUT2D eigenvalue weighted by Crippen LogP contribution is -2.32. The Morgan fingerprint density at radius 1 is 1.21 bits per heavy atom. The monoisotopic (exact) mass is 276 g/mol. The van der Waals surface area contributed by atoms with E-state index in [9.17, 15) is 4.79 Å². The van der Waals surface area contributed by atoms with Gasteiger partial charge in [-0.1, -0.05) is 42.0 Å². The summed E-state index contributed by atoms with van der Waals surface area (Å²) < 4.78 is 0. The minimum atomic E-state index is -0.527. The van der Waals surface area contributed by atoms with Crippen molar-refractivity contribution in [2.75, 3.05) is 0 Å². The van der Waals surface area contributed by atoms with Crippen molar-refractivity contribution in [1.82, 2.24) is 0 Å². The Morgan fingerprint density at radius 3 is 2.16 bits per heavy atom. The van der Waals surface area contributed by atoms with Crippen molar-refractivity contribution in [2.24, 2.45) is 0 Å². The van der Waals surface area contributed by atoms with Crippen LogP contribution in [0.3, 0.4) is 0 Å².